The Bertz CT molecular complexity index is 247. The van der Waals surface area contributed by atoms with E-state index < -0.39 is 6.10 Å². The van der Waals surface area contributed by atoms with Gasteiger partial charge in [-0.3, -0.25) is 0 Å². The first kappa shape index (κ1) is 11.6. The summed E-state index contributed by atoms with van der Waals surface area (Å²) in [6.07, 6.45) is 3.16. The van der Waals surface area contributed by atoms with Crippen molar-refractivity contribution in [1.82, 2.24) is 0 Å². The Kier molecular flexibility index (Phi) is 4.45. The zero-order chi connectivity index (χ0) is 10.6. The summed E-state index contributed by atoms with van der Waals surface area (Å²) in [4.78, 5) is 0. The summed E-state index contributed by atoms with van der Waals surface area (Å²) >= 11 is 5.97. The largest absolute Gasteiger partial charge is 0.405 e. The van der Waals surface area contributed by atoms with Crippen LogP contribution in [-0.2, 0) is 4.74 Å². The van der Waals surface area contributed by atoms with Crippen LogP contribution in [0, 0.1) is 5.92 Å². The molecule has 0 aliphatic carbocycles. The van der Waals surface area contributed by atoms with Crippen LogP contribution in [0.15, 0.2) is 22.9 Å². The summed E-state index contributed by atoms with van der Waals surface area (Å²) in [6.45, 7) is 3.28. The van der Waals surface area contributed by atoms with Crippen molar-refractivity contribution in [3.05, 3.63) is 22.9 Å². The molecule has 80 valence electrons. The fourth-order valence-electron chi connectivity index (χ4n) is 1.33. The molecule has 0 bridgehead atoms. The lowest BCUT2D eigenvalue weighted by atomic mass is 9.98. The topological polar surface area (TPSA) is 55.5 Å². The van der Waals surface area contributed by atoms with Crippen molar-refractivity contribution in [2.24, 2.45) is 11.7 Å². The van der Waals surface area contributed by atoms with Crippen LogP contribution in [0.2, 0.25) is 0 Å². The average molecular weight is 218 g/mol. The third kappa shape index (κ3) is 3.01. The minimum Gasteiger partial charge on any atom is -0.405 e. The molecule has 0 aromatic heterocycles. The zero-order valence-electron chi connectivity index (χ0n) is 8.24. The molecule has 3 N–H and O–H groups in total. The molecule has 3 nitrogen and oxygen atoms in total. The second-order valence-electron chi connectivity index (χ2n) is 3.55. The van der Waals surface area contributed by atoms with E-state index >= 15 is 0 Å². The molecule has 4 heteroatoms. The molecule has 0 aromatic rings. The molecule has 14 heavy (non-hydrogen) atoms. The van der Waals surface area contributed by atoms with E-state index in [1.807, 2.05) is 6.92 Å². The van der Waals surface area contributed by atoms with Crippen molar-refractivity contribution in [2.75, 3.05) is 13.2 Å². The molecule has 1 atom stereocenters. The molecule has 0 aromatic carbocycles. The second kappa shape index (κ2) is 5.39. The molecule has 0 spiro atoms. The van der Waals surface area contributed by atoms with Gasteiger partial charge >= 0.3 is 0 Å². The van der Waals surface area contributed by atoms with Gasteiger partial charge in [-0.2, -0.15) is 0 Å². The smallest absolute Gasteiger partial charge is 0.0902 e. The van der Waals surface area contributed by atoms with Gasteiger partial charge in [0.25, 0.3) is 0 Å². The molecule has 1 unspecified atom stereocenters. The van der Waals surface area contributed by atoms with Crippen molar-refractivity contribution in [2.45, 2.75) is 19.4 Å². The summed E-state index contributed by atoms with van der Waals surface area (Å²) in [5.74, 6) is 0.438. The first-order valence-electron chi connectivity index (χ1n) is 4.65. The molecule has 0 radical (unpaired) electrons. The summed E-state index contributed by atoms with van der Waals surface area (Å²) in [6, 6.07) is 0. The molecule has 1 saturated heterocycles. The predicted molar refractivity (Wildman–Crippen MR) is 56.8 cm³/mol. The van der Waals surface area contributed by atoms with Crippen molar-refractivity contribution < 1.29 is 9.84 Å². The predicted octanol–water partition coefficient (Wildman–Crippen LogP) is 1.37. The highest BCUT2D eigenvalue weighted by Crippen LogP contribution is 2.24. The molecule has 1 heterocycles. The van der Waals surface area contributed by atoms with Crippen LogP contribution in [0.1, 0.15) is 13.3 Å². The highest BCUT2D eigenvalue weighted by Gasteiger charge is 2.23. The van der Waals surface area contributed by atoms with Crippen LogP contribution >= 0.6 is 11.6 Å². The molecule has 0 amide bonds. The van der Waals surface area contributed by atoms with Gasteiger partial charge < -0.3 is 15.6 Å². The number of hydrogen-bond acceptors (Lipinski definition) is 3. The van der Waals surface area contributed by atoms with Crippen LogP contribution in [0.25, 0.3) is 0 Å². The summed E-state index contributed by atoms with van der Waals surface area (Å²) in [7, 11) is 0. The van der Waals surface area contributed by atoms with Crippen LogP contribution in [-0.4, -0.2) is 24.4 Å². The number of nitrogens with two attached hydrogens (primary N) is 1. The Morgan fingerprint density at radius 1 is 1.71 bits per heavy atom. The van der Waals surface area contributed by atoms with Crippen LogP contribution in [0.5, 0.6) is 0 Å². The summed E-state index contributed by atoms with van der Waals surface area (Å²) < 4.78 is 5.02. The maximum atomic E-state index is 9.73. The Morgan fingerprint density at radius 2 is 2.36 bits per heavy atom. The van der Waals surface area contributed by atoms with Gasteiger partial charge in [0.2, 0.25) is 0 Å². The monoisotopic (exact) mass is 217 g/mol. The third-order valence-electron chi connectivity index (χ3n) is 2.28. The minimum absolute atomic E-state index is 0.438. The fraction of sp³-hybridized carbons (Fsp3) is 0.600. The number of aliphatic hydroxyl groups is 1. The SMILES string of the molecule is CC(/C=C\N)=C(\Cl)C(O)CC1COC1. The third-order valence-corrected chi connectivity index (χ3v) is 2.83. The van der Waals surface area contributed by atoms with Gasteiger partial charge in [-0.25, -0.2) is 0 Å². The van der Waals surface area contributed by atoms with E-state index in [4.69, 9.17) is 22.1 Å². The van der Waals surface area contributed by atoms with Gasteiger partial charge in [0, 0.05) is 11.0 Å². The first-order chi connectivity index (χ1) is 6.65. The van der Waals surface area contributed by atoms with Crippen molar-refractivity contribution in [3.63, 3.8) is 0 Å². The van der Waals surface area contributed by atoms with Gasteiger partial charge in [-0.1, -0.05) is 11.6 Å². The molecular formula is C10H16ClNO2. The van der Waals surface area contributed by atoms with E-state index in [9.17, 15) is 5.11 Å². The van der Waals surface area contributed by atoms with Gasteiger partial charge in [0.05, 0.1) is 19.3 Å². The number of ether oxygens (including phenoxy) is 1. The zero-order valence-corrected chi connectivity index (χ0v) is 9.00. The van der Waals surface area contributed by atoms with Gasteiger partial charge in [-0.15, -0.1) is 0 Å². The van der Waals surface area contributed by atoms with Crippen LogP contribution in [0.4, 0.5) is 0 Å². The average Bonchev–Trinajstić information content (AvgIpc) is 2.10. The Morgan fingerprint density at radius 3 is 2.79 bits per heavy atom. The van der Waals surface area contributed by atoms with E-state index in [1.165, 1.54) is 6.20 Å². The maximum absolute atomic E-state index is 9.73. The van der Waals surface area contributed by atoms with E-state index in [-0.39, 0.29) is 0 Å². The Hall–Kier alpha value is -0.510. The summed E-state index contributed by atoms with van der Waals surface area (Å²) in [5.41, 5.74) is 6.04. The lowest BCUT2D eigenvalue weighted by Gasteiger charge is -2.28. The molecule has 0 saturated carbocycles. The van der Waals surface area contributed by atoms with Crippen molar-refractivity contribution >= 4 is 11.6 Å². The highest BCUT2D eigenvalue weighted by molar-refractivity contribution is 6.30. The lowest BCUT2D eigenvalue weighted by Crippen LogP contribution is -2.31. The normalized spacial score (nSPS) is 21.9. The maximum Gasteiger partial charge on any atom is 0.0902 e. The minimum atomic E-state index is -0.596. The van der Waals surface area contributed by atoms with Gasteiger partial charge in [0.1, 0.15) is 0 Å². The highest BCUT2D eigenvalue weighted by atomic mass is 35.5. The van der Waals surface area contributed by atoms with E-state index in [2.05, 4.69) is 0 Å². The Labute approximate surface area is 89.2 Å². The quantitative estimate of drug-likeness (QED) is 0.700. The summed E-state index contributed by atoms with van der Waals surface area (Å²) in [5, 5.41) is 10.2. The molecule has 1 fully saturated rings. The van der Waals surface area contributed by atoms with Gasteiger partial charge in [0.15, 0.2) is 0 Å². The lowest BCUT2D eigenvalue weighted by molar-refractivity contribution is -0.0482. The van der Waals surface area contributed by atoms with Crippen molar-refractivity contribution in [1.29, 1.82) is 0 Å². The van der Waals surface area contributed by atoms with E-state index in [0.717, 1.165) is 18.8 Å². The van der Waals surface area contributed by atoms with E-state index in [0.29, 0.717) is 17.4 Å². The number of allylic oxidation sites excluding steroid dienone is 2. The number of aliphatic hydroxyl groups excluding tert-OH is 1. The molecular weight excluding hydrogens is 202 g/mol. The van der Waals surface area contributed by atoms with Crippen molar-refractivity contribution in [3.8, 4) is 0 Å². The number of rotatable bonds is 4. The standard InChI is InChI=1S/C10H16ClNO2/c1-7(2-3-12)10(11)9(13)4-8-5-14-6-8/h2-3,8-9,13H,4-6,12H2,1H3/b3-2-,10-7+. The fourth-order valence-corrected chi connectivity index (χ4v) is 1.48. The second-order valence-corrected chi connectivity index (χ2v) is 3.95. The van der Waals surface area contributed by atoms with Crippen LogP contribution < -0.4 is 5.73 Å². The van der Waals surface area contributed by atoms with Crippen LogP contribution in [0.3, 0.4) is 0 Å². The molecule has 1 aliphatic rings. The molecule has 1 aliphatic heterocycles. The molecule has 1 rings (SSSR count). The number of hydrogen-bond donors (Lipinski definition) is 2. The van der Waals surface area contributed by atoms with E-state index in [1.54, 1.807) is 6.08 Å². The van der Waals surface area contributed by atoms with Gasteiger partial charge in [-0.05, 0) is 31.2 Å². The first-order valence-corrected chi connectivity index (χ1v) is 5.03. The Balaban J connectivity index is 2.48. The number of halogens is 1.